The second-order valence-electron chi connectivity index (χ2n) is 8.48. The molecule has 9 nitrogen and oxygen atoms in total. The fourth-order valence-electron chi connectivity index (χ4n) is 4.34. The highest BCUT2D eigenvalue weighted by Gasteiger charge is 2.33. The van der Waals surface area contributed by atoms with Gasteiger partial charge >= 0.3 is 5.97 Å². The SMILES string of the molecule is CCOCCCN1C(=O)C(=Cc2c(N3CCC(C(=O)OCC)CC3)nc3ccccn3c2=O)SC1=S. The van der Waals surface area contributed by atoms with Gasteiger partial charge in [0.2, 0.25) is 0 Å². The summed E-state index contributed by atoms with van der Waals surface area (Å²) in [5.41, 5.74) is 0.596. The van der Waals surface area contributed by atoms with Crippen molar-refractivity contribution in [2.24, 2.45) is 5.92 Å². The first kappa shape index (κ1) is 26.3. The van der Waals surface area contributed by atoms with E-state index in [4.69, 9.17) is 26.7 Å². The number of hydrogen-bond acceptors (Lipinski definition) is 9. The van der Waals surface area contributed by atoms with Gasteiger partial charge in [-0.05, 0) is 51.3 Å². The first-order chi connectivity index (χ1) is 17.4. The Morgan fingerprint density at radius 2 is 2.00 bits per heavy atom. The van der Waals surface area contributed by atoms with E-state index in [1.807, 2.05) is 17.9 Å². The predicted molar refractivity (Wildman–Crippen MR) is 144 cm³/mol. The molecule has 0 radical (unpaired) electrons. The number of amides is 1. The average molecular weight is 531 g/mol. The molecule has 2 aromatic rings. The summed E-state index contributed by atoms with van der Waals surface area (Å²) in [5, 5.41) is 0. The van der Waals surface area contributed by atoms with E-state index in [1.54, 1.807) is 36.2 Å². The molecule has 36 heavy (non-hydrogen) atoms. The van der Waals surface area contributed by atoms with E-state index in [0.29, 0.717) is 85.0 Å². The van der Waals surface area contributed by atoms with E-state index in [0.717, 1.165) is 0 Å². The number of thiocarbonyl (C=S) groups is 1. The van der Waals surface area contributed by atoms with Gasteiger partial charge in [-0.3, -0.25) is 23.7 Å². The lowest BCUT2D eigenvalue weighted by Crippen LogP contribution is -2.39. The predicted octanol–water partition coefficient (Wildman–Crippen LogP) is 3.10. The summed E-state index contributed by atoms with van der Waals surface area (Å²) < 4.78 is 12.5. The summed E-state index contributed by atoms with van der Waals surface area (Å²) >= 11 is 6.64. The van der Waals surface area contributed by atoms with Gasteiger partial charge < -0.3 is 14.4 Å². The number of carbonyl (C=O) groups is 2. The standard InChI is InChI=1S/C25H30N4O5S2/c1-3-33-15-7-12-29-23(31)19(36-25(29)35)16-18-21(26-20-8-5-6-11-28(20)22(18)30)27-13-9-17(10-14-27)24(32)34-4-2/h5-6,8,11,16-17H,3-4,7,9-10,12-15H2,1-2H3. The number of pyridine rings is 1. The molecule has 0 atom stereocenters. The van der Waals surface area contributed by atoms with Crippen LogP contribution in [0.15, 0.2) is 34.1 Å². The van der Waals surface area contributed by atoms with Crippen LogP contribution in [-0.4, -0.2) is 69.9 Å². The minimum atomic E-state index is -0.260. The monoisotopic (exact) mass is 530 g/mol. The van der Waals surface area contributed by atoms with Crippen LogP contribution in [0.3, 0.4) is 0 Å². The van der Waals surface area contributed by atoms with Crippen LogP contribution >= 0.6 is 24.0 Å². The molecule has 4 rings (SSSR count). The molecule has 0 unspecified atom stereocenters. The highest BCUT2D eigenvalue weighted by molar-refractivity contribution is 8.26. The summed E-state index contributed by atoms with van der Waals surface area (Å²) in [4.78, 5) is 47.6. The molecule has 0 spiro atoms. The highest BCUT2D eigenvalue weighted by atomic mass is 32.2. The van der Waals surface area contributed by atoms with E-state index in [-0.39, 0.29) is 23.4 Å². The number of hydrogen-bond donors (Lipinski definition) is 0. The molecule has 192 valence electrons. The molecule has 2 aliphatic rings. The minimum absolute atomic E-state index is 0.167. The third-order valence-electron chi connectivity index (χ3n) is 6.19. The topological polar surface area (TPSA) is 93.4 Å². The van der Waals surface area contributed by atoms with Gasteiger partial charge in [-0.25, -0.2) is 4.98 Å². The molecule has 1 amide bonds. The van der Waals surface area contributed by atoms with Gasteiger partial charge in [0.1, 0.15) is 15.8 Å². The Morgan fingerprint density at radius 1 is 1.22 bits per heavy atom. The lowest BCUT2D eigenvalue weighted by atomic mass is 9.96. The summed E-state index contributed by atoms with van der Waals surface area (Å²) in [6, 6.07) is 5.37. The fraction of sp³-hybridized carbons (Fsp3) is 0.480. The second-order valence-corrected chi connectivity index (χ2v) is 10.2. The number of anilines is 1. The molecule has 0 aliphatic carbocycles. The molecule has 4 heterocycles. The number of carbonyl (C=O) groups excluding carboxylic acids is 2. The summed E-state index contributed by atoms with van der Waals surface area (Å²) in [6.45, 7) is 6.83. The minimum Gasteiger partial charge on any atom is -0.466 e. The van der Waals surface area contributed by atoms with Crippen molar-refractivity contribution in [3.05, 3.63) is 45.2 Å². The molecule has 2 aromatic heterocycles. The first-order valence-corrected chi connectivity index (χ1v) is 13.4. The number of aromatic nitrogens is 2. The maximum Gasteiger partial charge on any atom is 0.309 e. The smallest absolute Gasteiger partial charge is 0.309 e. The van der Waals surface area contributed by atoms with Gasteiger partial charge in [0.25, 0.3) is 11.5 Å². The number of nitrogens with zero attached hydrogens (tertiary/aromatic N) is 4. The van der Waals surface area contributed by atoms with Crippen LogP contribution < -0.4 is 10.5 Å². The van der Waals surface area contributed by atoms with Crippen LogP contribution in [0.4, 0.5) is 5.82 Å². The Kier molecular flexibility index (Phi) is 8.76. The Labute approximate surface area is 219 Å². The number of ether oxygens (including phenoxy) is 2. The first-order valence-electron chi connectivity index (χ1n) is 12.2. The maximum atomic E-state index is 13.5. The number of esters is 1. The van der Waals surface area contributed by atoms with Gasteiger partial charge in [-0.15, -0.1) is 0 Å². The van der Waals surface area contributed by atoms with Crippen LogP contribution in [0, 0.1) is 5.92 Å². The van der Waals surface area contributed by atoms with Crippen molar-refractivity contribution < 1.29 is 19.1 Å². The number of rotatable bonds is 9. The van der Waals surface area contributed by atoms with Gasteiger partial charge in [0.05, 0.1) is 23.0 Å². The van der Waals surface area contributed by atoms with Gasteiger partial charge in [0.15, 0.2) is 0 Å². The van der Waals surface area contributed by atoms with Crippen LogP contribution in [0.1, 0.15) is 38.7 Å². The number of thioether (sulfide) groups is 1. The lowest BCUT2D eigenvalue weighted by Gasteiger charge is -2.32. The maximum absolute atomic E-state index is 13.5. The Balaban J connectivity index is 1.64. The highest BCUT2D eigenvalue weighted by Crippen LogP contribution is 2.34. The summed E-state index contributed by atoms with van der Waals surface area (Å²) in [5.74, 6) is -0.0581. The Morgan fingerprint density at radius 3 is 2.72 bits per heavy atom. The van der Waals surface area contributed by atoms with E-state index >= 15 is 0 Å². The quantitative estimate of drug-likeness (QED) is 0.210. The van der Waals surface area contributed by atoms with Crippen molar-refractivity contribution in [1.29, 1.82) is 0 Å². The molecule has 0 N–H and O–H groups in total. The van der Waals surface area contributed by atoms with Gasteiger partial charge in [0, 0.05) is 39.0 Å². The van der Waals surface area contributed by atoms with Gasteiger partial charge in [-0.1, -0.05) is 30.0 Å². The van der Waals surface area contributed by atoms with Crippen LogP contribution in [0.2, 0.25) is 0 Å². The molecular weight excluding hydrogens is 500 g/mol. The van der Waals surface area contributed by atoms with E-state index in [1.165, 1.54) is 16.2 Å². The second kappa shape index (κ2) is 12.0. The molecule has 2 saturated heterocycles. The van der Waals surface area contributed by atoms with E-state index < -0.39 is 0 Å². The van der Waals surface area contributed by atoms with Crippen molar-refractivity contribution in [3.63, 3.8) is 0 Å². The fourth-order valence-corrected chi connectivity index (χ4v) is 5.63. The van der Waals surface area contributed by atoms with Crippen molar-refractivity contribution >= 4 is 57.7 Å². The largest absolute Gasteiger partial charge is 0.466 e. The summed E-state index contributed by atoms with van der Waals surface area (Å²) in [6.07, 6.45) is 5.17. The molecule has 2 aliphatic heterocycles. The molecule has 0 aromatic carbocycles. The molecular formula is C25H30N4O5S2. The van der Waals surface area contributed by atoms with Crippen molar-refractivity contribution in [2.45, 2.75) is 33.1 Å². The van der Waals surface area contributed by atoms with Crippen LogP contribution in [0.5, 0.6) is 0 Å². The Hall–Kier alpha value is -2.76. The molecule has 0 saturated carbocycles. The number of piperidine rings is 1. The van der Waals surface area contributed by atoms with Crippen molar-refractivity contribution in [2.75, 3.05) is 44.4 Å². The third-order valence-corrected chi connectivity index (χ3v) is 7.56. The average Bonchev–Trinajstić information content (AvgIpc) is 3.15. The third kappa shape index (κ3) is 5.63. The zero-order chi connectivity index (χ0) is 25.7. The zero-order valence-electron chi connectivity index (χ0n) is 20.5. The molecule has 11 heteroatoms. The van der Waals surface area contributed by atoms with E-state index in [2.05, 4.69) is 0 Å². The van der Waals surface area contributed by atoms with Crippen LogP contribution in [0.25, 0.3) is 11.7 Å². The zero-order valence-corrected chi connectivity index (χ0v) is 22.1. The van der Waals surface area contributed by atoms with Crippen molar-refractivity contribution in [3.8, 4) is 0 Å². The van der Waals surface area contributed by atoms with Crippen LogP contribution in [-0.2, 0) is 19.1 Å². The lowest BCUT2D eigenvalue weighted by molar-refractivity contribution is -0.148. The summed E-state index contributed by atoms with van der Waals surface area (Å²) in [7, 11) is 0. The Bertz CT molecular complexity index is 1240. The molecule has 2 fully saturated rings. The van der Waals surface area contributed by atoms with E-state index in [9.17, 15) is 14.4 Å². The normalized spacial score (nSPS) is 18.0. The molecule has 0 bridgehead atoms. The van der Waals surface area contributed by atoms with Crippen molar-refractivity contribution in [1.82, 2.24) is 14.3 Å². The number of fused-ring (bicyclic) bond motifs is 1. The van der Waals surface area contributed by atoms with Gasteiger partial charge in [-0.2, -0.15) is 0 Å².